The van der Waals surface area contributed by atoms with Crippen LogP contribution in [0.4, 0.5) is 11.5 Å². The van der Waals surface area contributed by atoms with Gasteiger partial charge in [-0.2, -0.15) is 0 Å². The van der Waals surface area contributed by atoms with Crippen LogP contribution in [0.25, 0.3) is 55.7 Å². The molecule has 2 N–H and O–H groups in total. The molecule has 240 valence electrons. The van der Waals surface area contributed by atoms with Gasteiger partial charge in [-0.3, -0.25) is 9.10 Å². The molecule has 3 aromatic heterocycles. The van der Waals surface area contributed by atoms with Gasteiger partial charge < -0.3 is 24.4 Å². The van der Waals surface area contributed by atoms with Gasteiger partial charge in [0, 0.05) is 60.7 Å². The largest absolute Gasteiger partial charge is 0.455 e. The Bertz CT molecular complexity index is 2220. The van der Waals surface area contributed by atoms with E-state index in [1.54, 1.807) is 13.1 Å². The van der Waals surface area contributed by atoms with Gasteiger partial charge in [-0.1, -0.05) is 48.0 Å². The molecule has 1 fully saturated rings. The van der Waals surface area contributed by atoms with E-state index in [1.165, 1.54) is 17.6 Å². The van der Waals surface area contributed by atoms with E-state index in [1.807, 2.05) is 73.7 Å². The van der Waals surface area contributed by atoms with E-state index in [2.05, 4.69) is 21.3 Å². The van der Waals surface area contributed by atoms with Crippen molar-refractivity contribution in [2.24, 2.45) is 0 Å². The maximum atomic E-state index is 13.5. The van der Waals surface area contributed by atoms with Crippen LogP contribution in [0, 0.1) is 6.92 Å². The molecular weight excluding hydrogens is 614 g/mol. The lowest BCUT2D eigenvalue weighted by Gasteiger charge is -2.29. The third-order valence-electron chi connectivity index (χ3n) is 8.67. The number of furan rings is 1. The van der Waals surface area contributed by atoms with Gasteiger partial charge in [-0.15, -0.1) is 0 Å². The summed E-state index contributed by atoms with van der Waals surface area (Å²) in [5.41, 5.74) is 6.86. The first-order chi connectivity index (χ1) is 22.6. The third-order valence-corrected chi connectivity index (χ3v) is 9.87. The minimum atomic E-state index is -3.68. The van der Waals surface area contributed by atoms with Gasteiger partial charge in [0.05, 0.1) is 42.1 Å². The summed E-state index contributed by atoms with van der Waals surface area (Å²) < 4.78 is 39.3. The van der Waals surface area contributed by atoms with E-state index in [0.717, 1.165) is 39.1 Å². The minimum absolute atomic E-state index is 0.308. The molecule has 47 heavy (non-hydrogen) atoms. The summed E-state index contributed by atoms with van der Waals surface area (Å²) in [7, 11) is -0.583. The van der Waals surface area contributed by atoms with Crippen LogP contribution in [-0.4, -0.2) is 70.9 Å². The summed E-state index contributed by atoms with van der Waals surface area (Å²) in [4.78, 5) is 24.2. The van der Waals surface area contributed by atoms with Crippen LogP contribution in [0.15, 0.2) is 83.3 Å². The lowest BCUT2D eigenvalue weighted by atomic mass is 9.97. The van der Waals surface area contributed by atoms with Crippen LogP contribution < -0.4 is 14.5 Å². The van der Waals surface area contributed by atoms with E-state index in [-0.39, 0.29) is 5.91 Å². The number of anilines is 2. The molecular formula is C36H35N5O5S. The highest BCUT2D eigenvalue weighted by atomic mass is 32.2. The number of benzene rings is 3. The van der Waals surface area contributed by atoms with Crippen molar-refractivity contribution in [3.8, 4) is 33.8 Å². The lowest BCUT2D eigenvalue weighted by Crippen LogP contribution is -2.36. The summed E-state index contributed by atoms with van der Waals surface area (Å²) in [5.74, 6) is 0.843. The van der Waals surface area contributed by atoms with Gasteiger partial charge in [0.2, 0.25) is 10.0 Å². The number of morpholine rings is 1. The van der Waals surface area contributed by atoms with Gasteiger partial charge in [0.1, 0.15) is 17.2 Å². The summed E-state index contributed by atoms with van der Waals surface area (Å²) in [6, 6.07) is 25.3. The molecule has 0 spiro atoms. The zero-order chi connectivity index (χ0) is 32.9. The molecule has 10 nitrogen and oxygen atoms in total. The second kappa shape index (κ2) is 11.9. The number of aryl methyl sites for hydroxylation is 1. The van der Waals surface area contributed by atoms with Crippen LogP contribution in [0.1, 0.15) is 15.9 Å². The maximum absolute atomic E-state index is 13.5. The zero-order valence-electron chi connectivity index (χ0n) is 26.6. The Morgan fingerprint density at radius 2 is 1.72 bits per heavy atom. The fourth-order valence-corrected chi connectivity index (χ4v) is 6.54. The average Bonchev–Trinajstić information content (AvgIpc) is 3.69. The molecule has 1 amide bonds. The second-order valence-electron chi connectivity index (χ2n) is 11.8. The molecule has 0 saturated carbocycles. The first-order valence-electron chi connectivity index (χ1n) is 15.4. The van der Waals surface area contributed by atoms with Crippen molar-refractivity contribution in [2.45, 2.75) is 6.92 Å². The number of hydrogen-bond acceptors (Lipinski definition) is 7. The topological polar surface area (TPSA) is 121 Å². The Labute approximate surface area is 273 Å². The number of nitrogens with zero attached hydrogens (tertiary/aromatic N) is 3. The van der Waals surface area contributed by atoms with E-state index < -0.39 is 10.0 Å². The van der Waals surface area contributed by atoms with E-state index in [4.69, 9.17) is 14.1 Å². The fraction of sp³-hybridized carbons (Fsp3) is 0.222. The number of carbonyl (C=O) groups is 1. The molecule has 1 aliphatic rings. The maximum Gasteiger partial charge on any atom is 0.255 e. The number of fused-ring (bicyclic) bond motifs is 2. The van der Waals surface area contributed by atoms with Crippen LogP contribution in [0.3, 0.4) is 0 Å². The van der Waals surface area contributed by atoms with E-state index >= 15 is 0 Å². The number of amides is 1. The summed E-state index contributed by atoms with van der Waals surface area (Å²) in [5, 5.41) is 4.38. The highest BCUT2D eigenvalue weighted by Gasteiger charge is 2.27. The van der Waals surface area contributed by atoms with Crippen molar-refractivity contribution < 1.29 is 22.4 Å². The first kappa shape index (κ1) is 30.5. The Balaban J connectivity index is 1.51. The molecule has 11 heteroatoms. The molecule has 0 bridgehead atoms. The molecule has 1 aliphatic heterocycles. The average molecular weight is 650 g/mol. The number of aromatic amines is 1. The third kappa shape index (κ3) is 5.72. The Hall–Kier alpha value is -5.13. The number of aromatic nitrogens is 2. The Morgan fingerprint density at radius 3 is 2.43 bits per heavy atom. The number of nitrogens with one attached hydrogen (secondary N) is 2. The van der Waals surface area contributed by atoms with Crippen LogP contribution in [0.5, 0.6) is 0 Å². The number of para-hydroxylation sites is 1. The standard InChI is InChI=1S/C36H35N5O5S/c1-22-9-11-23(12-10-22)35-34(36(42)37-2)27-20-26(31(21-32(27)46-35)40(3)47(4,43)44)25-18-30(29-17-24-7-5-6-8-28(24)38-29)39-33(19-25)41-13-15-45-16-14-41/h5-12,17-21,38H,13-16H2,1-4H3,(H,37,42). The van der Waals surface area contributed by atoms with E-state index in [9.17, 15) is 13.2 Å². The fourth-order valence-electron chi connectivity index (χ4n) is 6.04. The van der Waals surface area contributed by atoms with Crippen LogP contribution >= 0.6 is 0 Å². The number of H-pyrrole nitrogens is 1. The lowest BCUT2D eigenvalue weighted by molar-refractivity contribution is 0.0964. The van der Waals surface area contributed by atoms with Crippen molar-refractivity contribution in [1.29, 1.82) is 0 Å². The molecule has 0 unspecified atom stereocenters. The van der Waals surface area contributed by atoms with Gasteiger partial charge in [-0.25, -0.2) is 13.4 Å². The summed E-state index contributed by atoms with van der Waals surface area (Å²) >= 11 is 0. The van der Waals surface area contributed by atoms with Gasteiger partial charge >= 0.3 is 0 Å². The highest BCUT2D eigenvalue weighted by molar-refractivity contribution is 7.92. The van der Waals surface area contributed by atoms with Crippen molar-refractivity contribution in [3.05, 3.63) is 90.0 Å². The van der Waals surface area contributed by atoms with Gasteiger partial charge in [0.15, 0.2) is 0 Å². The highest BCUT2D eigenvalue weighted by Crippen LogP contribution is 2.43. The molecule has 0 radical (unpaired) electrons. The minimum Gasteiger partial charge on any atom is -0.455 e. The first-order valence-corrected chi connectivity index (χ1v) is 17.2. The molecule has 1 saturated heterocycles. The van der Waals surface area contributed by atoms with Gasteiger partial charge in [0.25, 0.3) is 5.91 Å². The monoisotopic (exact) mass is 649 g/mol. The van der Waals surface area contributed by atoms with Crippen molar-refractivity contribution in [2.75, 3.05) is 55.9 Å². The molecule has 7 rings (SSSR count). The molecule has 0 aliphatic carbocycles. The number of ether oxygens (including phenoxy) is 1. The number of carbonyl (C=O) groups excluding carboxylic acids is 1. The summed E-state index contributed by atoms with van der Waals surface area (Å²) in [6.07, 6.45) is 1.17. The quantitative estimate of drug-likeness (QED) is 0.211. The van der Waals surface area contributed by atoms with Crippen molar-refractivity contribution >= 4 is 49.3 Å². The van der Waals surface area contributed by atoms with Crippen molar-refractivity contribution in [3.63, 3.8) is 0 Å². The second-order valence-corrected chi connectivity index (χ2v) is 13.8. The predicted molar refractivity (Wildman–Crippen MR) is 187 cm³/mol. The van der Waals surface area contributed by atoms with Crippen LogP contribution in [-0.2, 0) is 14.8 Å². The SMILES string of the molecule is CNC(=O)c1c(-c2ccc(C)cc2)oc2cc(N(C)S(C)(=O)=O)c(-c3cc(-c4cc5ccccc5[nH]4)nc(N4CCOCC4)c3)cc12. The zero-order valence-corrected chi connectivity index (χ0v) is 27.4. The predicted octanol–water partition coefficient (Wildman–Crippen LogP) is 6.21. The van der Waals surface area contributed by atoms with Crippen molar-refractivity contribution in [1.82, 2.24) is 15.3 Å². The molecule has 4 heterocycles. The number of sulfonamides is 1. The molecule has 3 aromatic carbocycles. The number of hydrogen-bond donors (Lipinski definition) is 2. The number of rotatable bonds is 7. The Kier molecular flexibility index (Phi) is 7.73. The molecule has 0 atom stereocenters. The normalized spacial score (nSPS) is 13.7. The smallest absolute Gasteiger partial charge is 0.255 e. The Morgan fingerprint density at radius 1 is 0.979 bits per heavy atom. The molecule has 6 aromatic rings. The van der Waals surface area contributed by atoms with Gasteiger partial charge in [-0.05, 0) is 42.8 Å². The van der Waals surface area contributed by atoms with E-state index in [0.29, 0.717) is 65.5 Å². The summed E-state index contributed by atoms with van der Waals surface area (Å²) in [6.45, 7) is 4.48. The van der Waals surface area contributed by atoms with Crippen LogP contribution in [0.2, 0.25) is 0 Å². The number of pyridine rings is 1.